The number of anilines is 4. The minimum Gasteiger partial charge on any atom is -0.457 e. The van der Waals surface area contributed by atoms with Crippen LogP contribution >= 0.6 is 46.3 Å². The molecular weight excluding hydrogens is 1040 g/mol. The van der Waals surface area contributed by atoms with Crippen LogP contribution in [0.5, 0.6) is 23.0 Å². The molecule has 0 spiro atoms. The fraction of sp³-hybridized carbons (Fsp3) is 0. The molecule has 4 aromatic heterocycles. The first kappa shape index (κ1) is 47.4. The smallest absolute Gasteiger partial charge is 0.270 e. The second kappa shape index (κ2) is 19.1. The number of aromatic nitrogens is 8. The van der Waals surface area contributed by atoms with Crippen LogP contribution in [0.2, 0.25) is 10.0 Å². The number of sulfonamides is 2. The van der Waals surface area contributed by atoms with Gasteiger partial charge in [0.1, 0.15) is 47.4 Å². The molecule has 0 unspecified atom stereocenters. The average molecular weight is 1070 g/mol. The van der Waals surface area contributed by atoms with Crippen LogP contribution in [0, 0.1) is 23.3 Å². The maximum Gasteiger partial charge on any atom is 0.270 e. The first-order valence-corrected chi connectivity index (χ1v) is 24.7. The molecule has 4 heterocycles. The van der Waals surface area contributed by atoms with Gasteiger partial charge in [0.15, 0.2) is 33.3 Å². The minimum atomic E-state index is -4.59. The summed E-state index contributed by atoms with van der Waals surface area (Å²) < 4.78 is 132. The van der Waals surface area contributed by atoms with Crippen molar-refractivity contribution in [3.05, 3.63) is 143 Å². The van der Waals surface area contributed by atoms with Crippen LogP contribution in [0.1, 0.15) is 0 Å². The number of aromatic amines is 2. The van der Waals surface area contributed by atoms with Crippen molar-refractivity contribution in [2.45, 2.75) is 9.79 Å². The van der Waals surface area contributed by atoms with Crippen molar-refractivity contribution in [2.24, 2.45) is 0 Å². The van der Waals surface area contributed by atoms with E-state index in [0.717, 1.165) is 53.9 Å². The summed E-state index contributed by atoms with van der Waals surface area (Å²) in [5.74, 6) is -5.10. The lowest BCUT2D eigenvalue weighted by Gasteiger charge is -2.16. The van der Waals surface area contributed by atoms with Gasteiger partial charge < -0.3 is 30.9 Å². The van der Waals surface area contributed by atoms with Gasteiger partial charge in [0.2, 0.25) is 10.3 Å². The van der Waals surface area contributed by atoms with Crippen molar-refractivity contribution in [2.75, 3.05) is 20.9 Å². The number of nitrogens with two attached hydrogens (primary N) is 2. The predicted octanol–water partition coefficient (Wildman–Crippen LogP) is 10.4. The summed E-state index contributed by atoms with van der Waals surface area (Å²) in [4.78, 5) is 19.4. The molecule has 0 atom stereocenters. The molecule has 8 N–H and O–H groups in total. The average Bonchev–Trinajstić information content (AvgIpc) is 4.12. The van der Waals surface area contributed by atoms with Crippen LogP contribution in [0.4, 0.5) is 39.7 Å². The van der Waals surface area contributed by atoms with Gasteiger partial charge in [-0.15, -0.1) is 0 Å². The third-order valence-electron chi connectivity index (χ3n) is 9.60. The zero-order valence-corrected chi connectivity index (χ0v) is 39.4. The molecule has 0 aliphatic rings. The predicted molar refractivity (Wildman–Crippen MR) is 256 cm³/mol. The summed E-state index contributed by atoms with van der Waals surface area (Å²) >= 11 is 13.8. The Morgan fingerprint density at radius 1 is 0.557 bits per heavy atom. The van der Waals surface area contributed by atoms with Crippen molar-refractivity contribution in [1.82, 2.24) is 38.7 Å². The summed E-state index contributed by atoms with van der Waals surface area (Å²) in [6, 6.07) is 22.4. The second-order valence-electron chi connectivity index (χ2n) is 14.3. The number of benzene rings is 6. The molecule has 18 nitrogen and oxygen atoms in total. The lowest BCUT2D eigenvalue weighted by molar-refractivity contribution is 0.446. The molecule has 10 rings (SSSR count). The first-order valence-electron chi connectivity index (χ1n) is 19.4. The van der Waals surface area contributed by atoms with E-state index >= 15 is 0 Å². The lowest BCUT2D eigenvalue weighted by atomic mass is 10.0. The van der Waals surface area contributed by atoms with Gasteiger partial charge in [-0.3, -0.25) is 9.44 Å². The van der Waals surface area contributed by atoms with Crippen LogP contribution in [-0.4, -0.2) is 55.5 Å². The number of rotatable bonds is 12. The summed E-state index contributed by atoms with van der Waals surface area (Å²) in [5, 5.41) is 0.524. The molecule has 6 aromatic carbocycles. The number of halogens is 6. The summed E-state index contributed by atoms with van der Waals surface area (Å²) in [6.45, 7) is 0. The molecule has 0 fully saturated rings. The van der Waals surface area contributed by atoms with E-state index in [4.69, 9.17) is 44.1 Å². The maximum absolute atomic E-state index is 14.8. The van der Waals surface area contributed by atoms with Crippen LogP contribution in [0.15, 0.2) is 120 Å². The van der Waals surface area contributed by atoms with Crippen molar-refractivity contribution < 1.29 is 43.9 Å². The van der Waals surface area contributed by atoms with E-state index in [9.17, 15) is 34.4 Å². The van der Waals surface area contributed by atoms with Gasteiger partial charge in [-0.25, -0.2) is 54.3 Å². The Hall–Kier alpha value is -7.62. The molecule has 70 heavy (non-hydrogen) atoms. The van der Waals surface area contributed by atoms with E-state index < -0.39 is 58.9 Å². The van der Waals surface area contributed by atoms with E-state index in [1.165, 1.54) is 18.2 Å². The van der Waals surface area contributed by atoms with E-state index in [-0.39, 0.29) is 39.4 Å². The van der Waals surface area contributed by atoms with Crippen LogP contribution in [0.25, 0.3) is 44.3 Å². The SMILES string of the molecule is Nc1nc2ccc(-c3cc(Cl)ccc3Oc3cc(F)c(S(=O)(=O)Nc4ncns4)c(F)c3)cc2[nH]1.Nc1nc2ccc(-c3cc(Cl)ccc3Oc3cc(F)cc(F)c3S(=O)(=O)Nc3ncns3)cc2[nH]1. The Morgan fingerprint density at radius 3 is 1.51 bits per heavy atom. The topological polar surface area (TPSA) is 272 Å². The first-order chi connectivity index (χ1) is 33.4. The number of H-pyrrole nitrogens is 2. The quantitative estimate of drug-likeness (QED) is 0.0621. The third-order valence-corrected chi connectivity index (χ3v) is 14.3. The van der Waals surface area contributed by atoms with E-state index in [2.05, 4.69) is 43.4 Å². The van der Waals surface area contributed by atoms with Crippen LogP contribution in [0.3, 0.4) is 0 Å². The van der Waals surface area contributed by atoms with Gasteiger partial charge in [0, 0.05) is 68.5 Å². The summed E-state index contributed by atoms with van der Waals surface area (Å²) in [5.41, 5.74) is 16.2. The Morgan fingerprint density at radius 2 is 1.03 bits per heavy atom. The highest BCUT2D eigenvalue weighted by molar-refractivity contribution is 7.93. The molecular formula is C42H26Cl2F4N12O6S4. The highest BCUT2D eigenvalue weighted by atomic mass is 35.5. The van der Waals surface area contributed by atoms with Crippen molar-refractivity contribution in [3.8, 4) is 45.3 Å². The van der Waals surface area contributed by atoms with Gasteiger partial charge in [0.05, 0.1) is 22.1 Å². The molecule has 0 aliphatic heterocycles. The fourth-order valence-corrected chi connectivity index (χ4v) is 10.7. The zero-order valence-electron chi connectivity index (χ0n) is 34.6. The van der Waals surface area contributed by atoms with Gasteiger partial charge >= 0.3 is 0 Å². The van der Waals surface area contributed by atoms with E-state index in [0.29, 0.717) is 60.4 Å². The standard InChI is InChI=1S/2C21H13ClF2N6O3S2/c22-11-2-4-18(13(6-11)10-1-3-16-17(5-10)29-20(25)28-16)33-12-7-14(23)19(15(24)8-12)35(31,32)30-21-26-9-27-34-21;22-11-2-4-17(13(6-11)10-1-3-15-16(5-10)29-20(25)28-15)33-18-8-12(23)7-14(24)19(18)35(31,32)30-21-26-9-27-34-21/h2*1-9H,(H3,25,28,29)(H,26,27,30). The molecule has 0 aliphatic carbocycles. The van der Waals surface area contributed by atoms with Gasteiger partial charge in [-0.1, -0.05) is 35.3 Å². The number of nitrogens with one attached hydrogen (secondary N) is 4. The number of ether oxygens (including phenoxy) is 2. The summed E-state index contributed by atoms with van der Waals surface area (Å²) in [7, 11) is -9.15. The molecule has 0 bridgehead atoms. The molecule has 0 amide bonds. The minimum absolute atomic E-state index is 0.0959. The van der Waals surface area contributed by atoms with Crippen LogP contribution < -0.4 is 30.4 Å². The highest BCUT2D eigenvalue weighted by Gasteiger charge is 2.29. The van der Waals surface area contributed by atoms with Gasteiger partial charge in [-0.05, 0) is 71.8 Å². The molecule has 0 saturated heterocycles. The normalized spacial score (nSPS) is 11.6. The molecule has 28 heteroatoms. The van der Waals surface area contributed by atoms with E-state index in [1.54, 1.807) is 54.6 Å². The largest absolute Gasteiger partial charge is 0.457 e. The molecule has 0 radical (unpaired) electrons. The monoisotopic (exact) mass is 1070 g/mol. The lowest BCUT2D eigenvalue weighted by Crippen LogP contribution is -2.16. The fourth-order valence-electron chi connectivity index (χ4n) is 6.77. The Labute approximate surface area is 409 Å². The number of nitrogen functional groups attached to an aromatic ring is 2. The second-order valence-corrected chi connectivity index (χ2v) is 20.0. The molecule has 0 saturated carbocycles. The highest BCUT2D eigenvalue weighted by Crippen LogP contribution is 2.41. The Balaban J connectivity index is 0.000000174. The van der Waals surface area contributed by atoms with Gasteiger partial charge in [-0.2, -0.15) is 8.75 Å². The molecule has 356 valence electrons. The maximum atomic E-state index is 14.8. The number of hydrogen-bond acceptors (Lipinski definition) is 16. The number of hydrogen-bond donors (Lipinski definition) is 6. The molecule has 10 aromatic rings. The van der Waals surface area contributed by atoms with E-state index in [1.807, 2.05) is 4.72 Å². The number of imidazole rings is 2. The van der Waals surface area contributed by atoms with Crippen molar-refractivity contribution in [3.63, 3.8) is 0 Å². The summed E-state index contributed by atoms with van der Waals surface area (Å²) in [6.07, 6.45) is 2.24. The van der Waals surface area contributed by atoms with Crippen molar-refractivity contribution >= 4 is 111 Å². The van der Waals surface area contributed by atoms with Crippen LogP contribution in [-0.2, 0) is 20.0 Å². The Bertz CT molecular complexity index is 3830. The third kappa shape index (κ3) is 10.2. The zero-order chi connectivity index (χ0) is 49.5. The number of fused-ring (bicyclic) bond motifs is 2. The Kier molecular flexibility index (Phi) is 12.9. The van der Waals surface area contributed by atoms with Crippen molar-refractivity contribution in [1.29, 1.82) is 0 Å². The number of nitrogens with zero attached hydrogens (tertiary/aromatic N) is 6. The van der Waals surface area contributed by atoms with Gasteiger partial charge in [0.25, 0.3) is 20.0 Å².